The fraction of sp³-hybridized carbons (Fsp3) is 0.520. The first-order valence-corrected chi connectivity index (χ1v) is 14.1. The quantitative estimate of drug-likeness (QED) is 0.400. The Morgan fingerprint density at radius 2 is 1.89 bits per heavy atom. The van der Waals surface area contributed by atoms with Gasteiger partial charge in [-0.3, -0.25) is 4.79 Å². The zero-order chi connectivity index (χ0) is 25.5. The van der Waals surface area contributed by atoms with Crippen LogP contribution in [-0.4, -0.2) is 49.2 Å². The van der Waals surface area contributed by atoms with Gasteiger partial charge in [0.05, 0.1) is 22.2 Å². The molecule has 2 aliphatic rings. The van der Waals surface area contributed by atoms with Gasteiger partial charge in [-0.15, -0.1) is 0 Å². The van der Waals surface area contributed by atoms with E-state index in [0.717, 1.165) is 0 Å². The summed E-state index contributed by atoms with van der Waals surface area (Å²) in [7, 11) is -3.59. The number of fused-ring (bicyclic) bond motifs is 1. The lowest BCUT2D eigenvalue weighted by Crippen LogP contribution is -2.58. The van der Waals surface area contributed by atoms with E-state index in [2.05, 4.69) is 26.2 Å². The van der Waals surface area contributed by atoms with Gasteiger partial charge in [0.25, 0.3) is 0 Å². The topological polar surface area (TPSA) is 94.6 Å². The van der Waals surface area contributed by atoms with Crippen molar-refractivity contribution in [2.75, 3.05) is 13.1 Å². The maximum absolute atomic E-state index is 14.3. The Morgan fingerprint density at radius 3 is 2.49 bits per heavy atom. The molecule has 2 aliphatic heterocycles. The highest BCUT2D eigenvalue weighted by Gasteiger charge is 2.55. The molecule has 2 aromatic rings. The zero-order valence-corrected chi connectivity index (χ0v) is 22.6. The lowest BCUT2D eigenvalue weighted by Gasteiger charge is -2.49. The molecule has 3 heterocycles. The molecule has 0 aliphatic carbocycles. The number of benzene rings is 1. The minimum Gasteiger partial charge on any atom is -0.486 e. The second-order valence-corrected chi connectivity index (χ2v) is 12.8. The molecule has 7 nitrogen and oxygen atoms in total. The highest BCUT2D eigenvalue weighted by atomic mass is 79.9. The van der Waals surface area contributed by atoms with Gasteiger partial charge in [0.2, 0.25) is 0 Å². The predicted octanol–water partition coefficient (Wildman–Crippen LogP) is 4.65. The summed E-state index contributed by atoms with van der Waals surface area (Å²) in [6.45, 7) is 8.21. The number of sulfone groups is 1. The van der Waals surface area contributed by atoms with Crippen molar-refractivity contribution < 1.29 is 27.1 Å². The van der Waals surface area contributed by atoms with Gasteiger partial charge in [-0.2, -0.15) is 0 Å². The summed E-state index contributed by atoms with van der Waals surface area (Å²) in [5.74, 6) is -1.06. The van der Waals surface area contributed by atoms with Crippen LogP contribution in [0.3, 0.4) is 0 Å². The zero-order valence-electron chi connectivity index (χ0n) is 20.2. The van der Waals surface area contributed by atoms with Gasteiger partial charge in [-0.1, -0.05) is 0 Å². The average molecular weight is 569 g/mol. The Labute approximate surface area is 213 Å². The third-order valence-corrected chi connectivity index (χ3v) is 9.66. The van der Waals surface area contributed by atoms with Crippen LogP contribution in [0.15, 0.2) is 39.8 Å². The molecule has 4 rings (SSSR count). The van der Waals surface area contributed by atoms with Crippen LogP contribution in [0, 0.1) is 11.7 Å². The summed E-state index contributed by atoms with van der Waals surface area (Å²) in [5, 5.41) is 2.67. The molecule has 1 fully saturated rings. The maximum Gasteiger partial charge on any atom is 0.191 e. The molecule has 1 unspecified atom stereocenters. The Morgan fingerprint density at radius 1 is 1.20 bits per heavy atom. The van der Waals surface area contributed by atoms with Gasteiger partial charge >= 0.3 is 0 Å². The number of nitrogens with one attached hydrogen (secondary N) is 1. The number of hydrogen-bond donors (Lipinski definition) is 1. The van der Waals surface area contributed by atoms with Crippen LogP contribution in [0.5, 0.6) is 5.75 Å². The number of ketones is 1. The van der Waals surface area contributed by atoms with Crippen molar-refractivity contribution in [2.45, 2.75) is 68.5 Å². The summed E-state index contributed by atoms with van der Waals surface area (Å²) < 4.78 is 52.5. The number of hydrogen-bond acceptors (Lipinski definition) is 7. The van der Waals surface area contributed by atoms with Crippen molar-refractivity contribution in [1.29, 1.82) is 0 Å². The van der Waals surface area contributed by atoms with E-state index in [4.69, 9.17) is 9.47 Å². The van der Waals surface area contributed by atoms with Gasteiger partial charge in [0, 0.05) is 18.4 Å². The van der Waals surface area contributed by atoms with E-state index in [9.17, 15) is 17.6 Å². The highest BCUT2D eigenvalue weighted by molar-refractivity contribution is 9.10. The van der Waals surface area contributed by atoms with E-state index in [1.54, 1.807) is 19.9 Å². The number of carbonyl (C=O) groups excluding carboxylic acids is 1. The maximum atomic E-state index is 14.3. The Kier molecular flexibility index (Phi) is 7.39. The number of nitrogens with zero attached hydrogens (tertiary/aromatic N) is 1. The van der Waals surface area contributed by atoms with Crippen molar-refractivity contribution in [3.8, 4) is 5.75 Å². The van der Waals surface area contributed by atoms with E-state index in [-0.39, 0.29) is 27.1 Å². The fourth-order valence-corrected chi connectivity index (χ4v) is 6.89. The normalized spacial score (nSPS) is 21.7. The van der Waals surface area contributed by atoms with Crippen LogP contribution in [0.1, 0.15) is 62.7 Å². The first kappa shape index (κ1) is 26.2. The number of carbonyl (C=O) groups is 1. The van der Waals surface area contributed by atoms with Gasteiger partial charge in [-0.25, -0.2) is 17.8 Å². The first-order valence-electron chi connectivity index (χ1n) is 11.8. The summed E-state index contributed by atoms with van der Waals surface area (Å²) in [4.78, 5) is 18.5. The molecule has 1 aromatic carbocycles. The van der Waals surface area contributed by atoms with E-state index in [0.29, 0.717) is 37.2 Å². The number of rotatable bonds is 6. The van der Waals surface area contributed by atoms with Crippen LogP contribution in [0.4, 0.5) is 4.39 Å². The molecule has 1 N–H and O–H groups in total. The first-order chi connectivity index (χ1) is 16.5. The van der Waals surface area contributed by atoms with E-state index in [1.807, 2.05) is 13.8 Å². The van der Waals surface area contributed by atoms with Crippen molar-refractivity contribution in [2.24, 2.45) is 5.92 Å². The van der Waals surface area contributed by atoms with E-state index in [1.165, 1.54) is 24.3 Å². The number of piperidine rings is 1. The third kappa shape index (κ3) is 4.90. The van der Waals surface area contributed by atoms with Gasteiger partial charge < -0.3 is 14.8 Å². The Hall–Kier alpha value is -1.88. The van der Waals surface area contributed by atoms with Gasteiger partial charge in [0.15, 0.2) is 15.6 Å². The molecule has 2 atom stereocenters. The van der Waals surface area contributed by atoms with Crippen LogP contribution in [0.25, 0.3) is 0 Å². The molecule has 0 radical (unpaired) electrons. The molecule has 190 valence electrons. The van der Waals surface area contributed by atoms with Crippen molar-refractivity contribution in [3.05, 3.63) is 52.0 Å². The molecule has 0 saturated carbocycles. The number of ether oxygens (including phenoxy) is 2. The minimum atomic E-state index is -3.59. The van der Waals surface area contributed by atoms with E-state index < -0.39 is 38.5 Å². The highest BCUT2D eigenvalue weighted by Crippen LogP contribution is 2.51. The van der Waals surface area contributed by atoms with Gasteiger partial charge in [-0.05, 0) is 87.0 Å². The molecule has 1 spiro atoms. The van der Waals surface area contributed by atoms with Crippen molar-refractivity contribution in [3.63, 3.8) is 0 Å². The SMILES string of the molecule is CC(C)O[C@H]1c2cc(F)ccc2OC2(CCNCC2)C1C(=O)c1ccc(S(=O)(=O)C(C)C)c(Br)n1. The second-order valence-electron chi connectivity index (χ2n) is 9.63. The smallest absolute Gasteiger partial charge is 0.191 e. The molecule has 0 amide bonds. The predicted molar refractivity (Wildman–Crippen MR) is 133 cm³/mol. The minimum absolute atomic E-state index is 0.0305. The largest absolute Gasteiger partial charge is 0.486 e. The molecule has 1 saturated heterocycles. The fourth-order valence-electron chi connectivity index (χ4n) is 4.84. The van der Waals surface area contributed by atoms with Gasteiger partial charge in [0.1, 0.15) is 33.6 Å². The molecule has 1 aromatic heterocycles. The van der Waals surface area contributed by atoms with Crippen LogP contribution in [-0.2, 0) is 14.6 Å². The Bertz CT molecular complexity index is 1230. The molecule has 35 heavy (non-hydrogen) atoms. The summed E-state index contributed by atoms with van der Waals surface area (Å²) in [6.07, 6.45) is 0.124. The summed E-state index contributed by atoms with van der Waals surface area (Å²) >= 11 is 3.26. The molecule has 10 heteroatoms. The molecular formula is C25H30BrFN2O5S. The third-order valence-electron chi connectivity index (χ3n) is 6.61. The summed E-state index contributed by atoms with van der Waals surface area (Å²) in [6, 6.07) is 7.13. The van der Waals surface area contributed by atoms with Crippen LogP contribution < -0.4 is 10.1 Å². The van der Waals surface area contributed by atoms with Crippen molar-refractivity contribution in [1.82, 2.24) is 10.3 Å². The number of halogens is 2. The summed E-state index contributed by atoms with van der Waals surface area (Å²) in [5.41, 5.74) is -0.286. The lowest BCUT2D eigenvalue weighted by molar-refractivity contribution is -0.114. The monoisotopic (exact) mass is 568 g/mol. The lowest BCUT2D eigenvalue weighted by atomic mass is 9.70. The standard InChI is InChI=1S/C25H30BrFN2O5S/c1-14(2)33-23-17-13-16(27)5-7-19(17)34-25(9-11-28-12-10-25)21(23)22(30)18-6-8-20(24(26)29-18)35(31,32)15(3)4/h5-8,13-15,21,23,28H,9-12H2,1-4H3/t21?,23-/m0/s1. The Balaban J connectivity index is 1.84. The van der Waals surface area contributed by atoms with Crippen molar-refractivity contribution >= 4 is 31.6 Å². The molecule has 0 bridgehead atoms. The molecular weight excluding hydrogens is 539 g/mol. The average Bonchev–Trinajstić information content (AvgIpc) is 2.79. The van der Waals surface area contributed by atoms with Crippen LogP contribution in [0.2, 0.25) is 0 Å². The van der Waals surface area contributed by atoms with Crippen LogP contribution >= 0.6 is 15.9 Å². The number of Topliss-reactive ketones (excluding diaryl/α,β-unsaturated/α-hetero) is 1. The van der Waals surface area contributed by atoms with E-state index >= 15 is 0 Å². The number of aromatic nitrogens is 1. The second kappa shape index (κ2) is 9.88. The number of pyridine rings is 1.